The minimum absolute atomic E-state index is 0.0450. The Morgan fingerprint density at radius 1 is 1.37 bits per heavy atom. The monoisotopic (exact) mass is 277 g/mol. The van der Waals surface area contributed by atoms with E-state index in [2.05, 4.69) is 10.3 Å². The fourth-order valence-corrected chi connectivity index (χ4v) is 1.92. The van der Waals surface area contributed by atoms with E-state index in [1.807, 2.05) is 25.1 Å². The van der Waals surface area contributed by atoms with Crippen molar-refractivity contribution in [2.75, 3.05) is 5.32 Å². The Morgan fingerprint density at radius 3 is 2.84 bits per heavy atom. The molecule has 0 radical (unpaired) electrons. The van der Waals surface area contributed by atoms with Crippen molar-refractivity contribution in [3.8, 4) is 0 Å². The Kier molecular flexibility index (Phi) is 3.97. The van der Waals surface area contributed by atoms with Gasteiger partial charge in [0.25, 0.3) is 0 Å². The van der Waals surface area contributed by atoms with Gasteiger partial charge in [-0.1, -0.05) is 23.7 Å². The summed E-state index contributed by atoms with van der Waals surface area (Å²) in [5.41, 5.74) is 0.892. The largest absolute Gasteiger partial charge is 0.358 e. The Hall–Kier alpha value is -2.14. The molecule has 1 aromatic carbocycles. The second kappa shape index (κ2) is 5.67. The fraction of sp³-hybridized carbons (Fsp3) is 0.154. The van der Waals surface area contributed by atoms with Crippen LogP contribution >= 0.6 is 11.6 Å². The lowest BCUT2D eigenvalue weighted by Gasteiger charge is -2.15. The maximum absolute atomic E-state index is 10.9. The van der Waals surface area contributed by atoms with E-state index in [4.69, 9.17) is 11.6 Å². The molecule has 0 saturated carbocycles. The summed E-state index contributed by atoms with van der Waals surface area (Å²) in [4.78, 5) is 14.4. The lowest BCUT2D eigenvalue weighted by molar-refractivity contribution is -0.384. The highest BCUT2D eigenvalue weighted by Gasteiger charge is 2.16. The third-order valence-electron chi connectivity index (χ3n) is 2.69. The van der Waals surface area contributed by atoms with Gasteiger partial charge in [-0.05, 0) is 30.7 Å². The first-order valence-corrected chi connectivity index (χ1v) is 6.07. The highest BCUT2D eigenvalue weighted by atomic mass is 35.5. The van der Waals surface area contributed by atoms with E-state index in [9.17, 15) is 10.1 Å². The Bertz CT molecular complexity index is 604. The maximum Gasteiger partial charge on any atom is 0.311 e. The van der Waals surface area contributed by atoms with Crippen LogP contribution in [-0.4, -0.2) is 9.91 Å². The second-order valence-corrected chi connectivity index (χ2v) is 4.49. The van der Waals surface area contributed by atoms with E-state index in [1.165, 1.54) is 18.3 Å². The molecule has 2 aromatic rings. The number of hydrogen-bond acceptors (Lipinski definition) is 4. The Morgan fingerprint density at radius 2 is 2.16 bits per heavy atom. The molecule has 5 nitrogen and oxygen atoms in total. The molecule has 1 aromatic heterocycles. The predicted octanol–water partition coefficient (Wildman–Crippen LogP) is 3.82. The molecule has 1 heterocycles. The van der Waals surface area contributed by atoms with E-state index >= 15 is 0 Å². The molecule has 2 rings (SSSR count). The summed E-state index contributed by atoms with van der Waals surface area (Å²) in [6, 6.07) is 10.1. The molecule has 0 fully saturated rings. The van der Waals surface area contributed by atoms with Crippen molar-refractivity contribution < 1.29 is 4.92 Å². The molecule has 1 N–H and O–H groups in total. The number of hydrogen-bond donors (Lipinski definition) is 1. The first-order chi connectivity index (χ1) is 9.08. The fourth-order valence-electron chi connectivity index (χ4n) is 1.72. The van der Waals surface area contributed by atoms with Gasteiger partial charge in [0.2, 0.25) is 5.82 Å². The minimum atomic E-state index is -0.458. The van der Waals surface area contributed by atoms with Crippen molar-refractivity contribution in [1.29, 1.82) is 0 Å². The summed E-state index contributed by atoms with van der Waals surface area (Å²) in [5.74, 6) is 0.250. The topological polar surface area (TPSA) is 68.1 Å². The molecule has 6 heteroatoms. The van der Waals surface area contributed by atoms with E-state index in [0.29, 0.717) is 5.02 Å². The third-order valence-corrected chi connectivity index (χ3v) is 2.92. The van der Waals surface area contributed by atoms with E-state index < -0.39 is 4.92 Å². The second-order valence-electron chi connectivity index (χ2n) is 4.05. The summed E-state index contributed by atoms with van der Waals surface area (Å²) < 4.78 is 0. The third kappa shape index (κ3) is 3.20. The minimum Gasteiger partial charge on any atom is -0.358 e. The molecule has 0 bridgehead atoms. The van der Waals surface area contributed by atoms with Crippen LogP contribution in [0.25, 0.3) is 0 Å². The van der Waals surface area contributed by atoms with Crippen LogP contribution in [0.15, 0.2) is 42.6 Å². The Balaban J connectivity index is 2.24. The van der Waals surface area contributed by atoms with Crippen LogP contribution in [0.4, 0.5) is 11.5 Å². The highest BCUT2D eigenvalue weighted by molar-refractivity contribution is 6.30. The van der Waals surface area contributed by atoms with Gasteiger partial charge in [-0.3, -0.25) is 10.1 Å². The maximum atomic E-state index is 10.9. The van der Waals surface area contributed by atoms with Crippen LogP contribution in [0, 0.1) is 10.1 Å². The van der Waals surface area contributed by atoms with Crippen LogP contribution in [0.1, 0.15) is 18.5 Å². The molecule has 1 unspecified atom stereocenters. The van der Waals surface area contributed by atoms with E-state index in [-0.39, 0.29) is 17.5 Å². The zero-order valence-electron chi connectivity index (χ0n) is 10.2. The van der Waals surface area contributed by atoms with Crippen LogP contribution in [0.3, 0.4) is 0 Å². The van der Waals surface area contributed by atoms with Gasteiger partial charge in [-0.2, -0.15) is 0 Å². The van der Waals surface area contributed by atoms with Gasteiger partial charge in [0.1, 0.15) is 0 Å². The van der Waals surface area contributed by atoms with E-state index in [0.717, 1.165) is 5.56 Å². The zero-order valence-corrected chi connectivity index (χ0v) is 11.0. The van der Waals surface area contributed by atoms with Crippen molar-refractivity contribution in [3.05, 3.63) is 63.3 Å². The number of aromatic nitrogens is 1. The quantitative estimate of drug-likeness (QED) is 0.681. The number of nitrogens with zero attached hydrogens (tertiary/aromatic N) is 2. The van der Waals surface area contributed by atoms with Crippen molar-refractivity contribution in [1.82, 2.24) is 4.98 Å². The summed E-state index contributed by atoms with van der Waals surface area (Å²) >= 11 is 5.92. The summed E-state index contributed by atoms with van der Waals surface area (Å²) in [6.45, 7) is 1.89. The average Bonchev–Trinajstić information content (AvgIpc) is 2.39. The highest BCUT2D eigenvalue weighted by Crippen LogP contribution is 2.26. The van der Waals surface area contributed by atoms with Crippen molar-refractivity contribution in [2.45, 2.75) is 13.0 Å². The van der Waals surface area contributed by atoms with Gasteiger partial charge in [0.15, 0.2) is 0 Å². The Labute approximate surface area is 115 Å². The van der Waals surface area contributed by atoms with Gasteiger partial charge in [-0.25, -0.2) is 4.98 Å². The molecular formula is C13H12ClN3O2. The SMILES string of the molecule is CC(Nc1ncccc1[N+](=O)[O-])c1cccc(Cl)c1. The number of benzene rings is 1. The van der Waals surface area contributed by atoms with Crippen LogP contribution in [-0.2, 0) is 0 Å². The van der Waals surface area contributed by atoms with Crippen LogP contribution in [0.5, 0.6) is 0 Å². The molecule has 0 aliphatic heterocycles. The molecule has 98 valence electrons. The van der Waals surface area contributed by atoms with E-state index in [1.54, 1.807) is 6.07 Å². The number of pyridine rings is 1. The molecule has 0 spiro atoms. The molecule has 0 amide bonds. The summed E-state index contributed by atoms with van der Waals surface area (Å²) in [7, 11) is 0. The molecule has 0 aliphatic carbocycles. The van der Waals surface area contributed by atoms with Gasteiger partial charge in [0.05, 0.1) is 11.0 Å². The molecule has 1 atom stereocenters. The number of anilines is 1. The van der Waals surface area contributed by atoms with Gasteiger partial charge in [-0.15, -0.1) is 0 Å². The standard InChI is InChI=1S/C13H12ClN3O2/c1-9(10-4-2-5-11(14)8-10)16-13-12(17(18)19)6-3-7-15-13/h2-9H,1H3,(H,15,16). The van der Waals surface area contributed by atoms with Crippen molar-refractivity contribution in [2.24, 2.45) is 0 Å². The number of nitro groups is 1. The molecule has 19 heavy (non-hydrogen) atoms. The normalized spacial score (nSPS) is 11.9. The first kappa shape index (κ1) is 13.3. The van der Waals surface area contributed by atoms with Crippen molar-refractivity contribution >= 4 is 23.1 Å². The number of rotatable bonds is 4. The zero-order chi connectivity index (χ0) is 13.8. The molecule has 0 saturated heterocycles. The lowest BCUT2D eigenvalue weighted by atomic mass is 10.1. The smallest absolute Gasteiger partial charge is 0.311 e. The number of nitrogens with one attached hydrogen (secondary N) is 1. The average molecular weight is 278 g/mol. The lowest BCUT2D eigenvalue weighted by Crippen LogP contribution is -2.09. The first-order valence-electron chi connectivity index (χ1n) is 5.69. The van der Waals surface area contributed by atoms with Gasteiger partial charge < -0.3 is 5.32 Å². The predicted molar refractivity (Wildman–Crippen MR) is 74.4 cm³/mol. The molecule has 0 aliphatic rings. The van der Waals surface area contributed by atoms with Crippen molar-refractivity contribution in [3.63, 3.8) is 0 Å². The van der Waals surface area contributed by atoms with Crippen LogP contribution < -0.4 is 5.32 Å². The summed E-state index contributed by atoms with van der Waals surface area (Å²) in [6.07, 6.45) is 1.51. The van der Waals surface area contributed by atoms with Crippen LogP contribution in [0.2, 0.25) is 5.02 Å². The van der Waals surface area contributed by atoms with Gasteiger partial charge in [0, 0.05) is 17.3 Å². The van der Waals surface area contributed by atoms with Gasteiger partial charge >= 0.3 is 5.69 Å². The number of halogens is 1. The summed E-state index contributed by atoms with van der Waals surface area (Å²) in [5, 5.41) is 14.5. The molecular weight excluding hydrogens is 266 g/mol.